The van der Waals surface area contributed by atoms with E-state index in [9.17, 15) is 4.79 Å². The predicted molar refractivity (Wildman–Crippen MR) is 76.2 cm³/mol. The largest absolute Gasteiger partial charge is 0.322 e. The molecule has 0 aromatic heterocycles. The van der Waals surface area contributed by atoms with Crippen LogP contribution in [0.1, 0.15) is 21.5 Å². The first-order valence-electron chi connectivity index (χ1n) is 6.52. The molecule has 0 radical (unpaired) electrons. The molecule has 0 spiro atoms. The zero-order valence-corrected chi connectivity index (χ0v) is 10.6. The van der Waals surface area contributed by atoms with E-state index < -0.39 is 0 Å². The van der Waals surface area contributed by atoms with Crippen LogP contribution < -0.4 is 10.6 Å². The average molecular weight is 252 g/mol. The number of hydrogen-bond acceptors (Lipinski definition) is 2. The van der Waals surface area contributed by atoms with Gasteiger partial charge in [0.1, 0.15) is 0 Å². The van der Waals surface area contributed by atoms with Crippen molar-refractivity contribution in [3.8, 4) is 0 Å². The molecule has 1 amide bonds. The summed E-state index contributed by atoms with van der Waals surface area (Å²) in [7, 11) is 0. The molecular formula is C16H16N2O. The standard InChI is InChI=1S/C16H16N2O/c19-16(12-4-2-1-3-5-12)18-15-7-6-14-11-17-9-8-13(14)10-15/h1-7,10,17H,8-9,11H2,(H,18,19). The Morgan fingerprint density at radius 1 is 1.05 bits per heavy atom. The van der Waals surface area contributed by atoms with Gasteiger partial charge in [-0.05, 0) is 48.4 Å². The van der Waals surface area contributed by atoms with Gasteiger partial charge in [0.25, 0.3) is 5.91 Å². The molecule has 3 rings (SSSR count). The summed E-state index contributed by atoms with van der Waals surface area (Å²) in [5, 5.41) is 6.29. The maximum atomic E-state index is 12.1. The van der Waals surface area contributed by atoms with Gasteiger partial charge in [-0.1, -0.05) is 24.3 Å². The molecule has 1 aliphatic rings. The van der Waals surface area contributed by atoms with Gasteiger partial charge in [-0.3, -0.25) is 4.79 Å². The van der Waals surface area contributed by atoms with Crippen LogP contribution in [0, 0.1) is 0 Å². The third-order valence-electron chi connectivity index (χ3n) is 3.39. The number of rotatable bonds is 2. The van der Waals surface area contributed by atoms with Crippen LogP contribution in [0.5, 0.6) is 0 Å². The molecule has 0 aliphatic carbocycles. The summed E-state index contributed by atoms with van der Waals surface area (Å²) >= 11 is 0. The summed E-state index contributed by atoms with van der Waals surface area (Å²) < 4.78 is 0. The van der Waals surface area contributed by atoms with Crippen molar-refractivity contribution in [2.45, 2.75) is 13.0 Å². The van der Waals surface area contributed by atoms with E-state index in [1.54, 1.807) is 0 Å². The second kappa shape index (κ2) is 5.24. The Labute approximate surface area is 112 Å². The lowest BCUT2D eigenvalue weighted by molar-refractivity contribution is 0.102. The molecule has 3 nitrogen and oxygen atoms in total. The summed E-state index contributed by atoms with van der Waals surface area (Å²) in [6.45, 7) is 1.92. The first-order valence-corrected chi connectivity index (χ1v) is 6.52. The summed E-state index contributed by atoms with van der Waals surface area (Å²) in [6, 6.07) is 15.4. The molecule has 19 heavy (non-hydrogen) atoms. The highest BCUT2D eigenvalue weighted by molar-refractivity contribution is 6.04. The van der Waals surface area contributed by atoms with E-state index in [4.69, 9.17) is 0 Å². The van der Waals surface area contributed by atoms with E-state index in [0.717, 1.165) is 25.2 Å². The van der Waals surface area contributed by atoms with Gasteiger partial charge >= 0.3 is 0 Å². The van der Waals surface area contributed by atoms with Crippen LogP contribution in [-0.2, 0) is 13.0 Å². The highest BCUT2D eigenvalue weighted by Gasteiger charge is 2.10. The Morgan fingerprint density at radius 3 is 2.74 bits per heavy atom. The summed E-state index contributed by atoms with van der Waals surface area (Å²) in [5.41, 5.74) is 4.20. The molecule has 1 heterocycles. The van der Waals surface area contributed by atoms with Crippen molar-refractivity contribution in [2.75, 3.05) is 11.9 Å². The molecule has 96 valence electrons. The molecule has 3 heteroatoms. The van der Waals surface area contributed by atoms with Gasteiger partial charge in [0.2, 0.25) is 0 Å². The van der Waals surface area contributed by atoms with Crippen molar-refractivity contribution in [2.24, 2.45) is 0 Å². The minimum atomic E-state index is -0.0607. The smallest absolute Gasteiger partial charge is 0.255 e. The van der Waals surface area contributed by atoms with Crippen LogP contribution in [0.4, 0.5) is 5.69 Å². The quantitative estimate of drug-likeness (QED) is 0.862. The minimum Gasteiger partial charge on any atom is -0.322 e. The molecule has 0 fully saturated rings. The van der Waals surface area contributed by atoms with Crippen LogP contribution in [0.3, 0.4) is 0 Å². The van der Waals surface area contributed by atoms with Crippen LogP contribution in [-0.4, -0.2) is 12.5 Å². The summed E-state index contributed by atoms with van der Waals surface area (Å²) in [6.07, 6.45) is 1.02. The Kier molecular flexibility index (Phi) is 3.29. The van der Waals surface area contributed by atoms with Gasteiger partial charge < -0.3 is 10.6 Å². The lowest BCUT2D eigenvalue weighted by atomic mass is 10.0. The maximum Gasteiger partial charge on any atom is 0.255 e. The first kappa shape index (κ1) is 11.9. The molecule has 0 saturated carbocycles. The highest BCUT2D eigenvalue weighted by atomic mass is 16.1. The van der Waals surface area contributed by atoms with E-state index in [1.807, 2.05) is 36.4 Å². The fourth-order valence-electron chi connectivity index (χ4n) is 2.35. The Bertz CT molecular complexity index is 593. The monoisotopic (exact) mass is 252 g/mol. The normalized spacial score (nSPS) is 13.7. The van der Waals surface area contributed by atoms with Gasteiger partial charge in [-0.15, -0.1) is 0 Å². The Morgan fingerprint density at radius 2 is 1.89 bits per heavy atom. The molecule has 2 N–H and O–H groups in total. The van der Waals surface area contributed by atoms with E-state index >= 15 is 0 Å². The molecular weight excluding hydrogens is 236 g/mol. The molecule has 0 unspecified atom stereocenters. The lowest BCUT2D eigenvalue weighted by Gasteiger charge is -2.18. The summed E-state index contributed by atoms with van der Waals surface area (Å²) in [4.78, 5) is 12.1. The number of amides is 1. The van der Waals surface area contributed by atoms with Crippen molar-refractivity contribution < 1.29 is 4.79 Å². The molecule has 2 aromatic rings. The van der Waals surface area contributed by atoms with E-state index in [-0.39, 0.29) is 5.91 Å². The third-order valence-corrected chi connectivity index (χ3v) is 3.39. The van der Waals surface area contributed by atoms with E-state index in [1.165, 1.54) is 11.1 Å². The summed E-state index contributed by atoms with van der Waals surface area (Å²) in [5.74, 6) is -0.0607. The minimum absolute atomic E-state index is 0.0607. The van der Waals surface area contributed by atoms with E-state index in [0.29, 0.717) is 5.56 Å². The second-order valence-electron chi connectivity index (χ2n) is 4.73. The third kappa shape index (κ3) is 2.66. The average Bonchev–Trinajstić information content (AvgIpc) is 2.48. The molecule has 0 atom stereocenters. The van der Waals surface area contributed by atoms with Crippen LogP contribution in [0.15, 0.2) is 48.5 Å². The van der Waals surface area contributed by atoms with Crippen molar-refractivity contribution in [3.05, 3.63) is 65.2 Å². The highest BCUT2D eigenvalue weighted by Crippen LogP contribution is 2.19. The van der Waals surface area contributed by atoms with Gasteiger partial charge in [0.15, 0.2) is 0 Å². The van der Waals surface area contributed by atoms with Crippen molar-refractivity contribution >= 4 is 11.6 Å². The predicted octanol–water partition coefficient (Wildman–Crippen LogP) is 2.58. The van der Waals surface area contributed by atoms with Gasteiger partial charge in [0.05, 0.1) is 0 Å². The number of carbonyl (C=O) groups excluding carboxylic acids is 1. The van der Waals surface area contributed by atoms with Crippen molar-refractivity contribution in [3.63, 3.8) is 0 Å². The topological polar surface area (TPSA) is 41.1 Å². The number of benzene rings is 2. The van der Waals surface area contributed by atoms with Crippen LogP contribution in [0.2, 0.25) is 0 Å². The fourth-order valence-corrected chi connectivity index (χ4v) is 2.35. The number of hydrogen-bond donors (Lipinski definition) is 2. The second-order valence-corrected chi connectivity index (χ2v) is 4.73. The van der Waals surface area contributed by atoms with Crippen LogP contribution >= 0.6 is 0 Å². The Hall–Kier alpha value is -2.13. The van der Waals surface area contributed by atoms with Crippen molar-refractivity contribution in [1.29, 1.82) is 0 Å². The SMILES string of the molecule is O=C(Nc1ccc2c(c1)CCNC2)c1ccccc1. The van der Waals surface area contributed by atoms with Gasteiger partial charge in [-0.25, -0.2) is 0 Å². The zero-order chi connectivity index (χ0) is 13.1. The number of anilines is 1. The lowest BCUT2D eigenvalue weighted by Crippen LogP contribution is -2.23. The van der Waals surface area contributed by atoms with E-state index in [2.05, 4.69) is 22.8 Å². The van der Waals surface area contributed by atoms with Crippen LogP contribution in [0.25, 0.3) is 0 Å². The molecule has 2 aromatic carbocycles. The van der Waals surface area contributed by atoms with Gasteiger partial charge in [0, 0.05) is 17.8 Å². The fraction of sp³-hybridized carbons (Fsp3) is 0.188. The van der Waals surface area contributed by atoms with Crippen molar-refractivity contribution in [1.82, 2.24) is 5.32 Å². The molecule has 0 bridgehead atoms. The molecule has 0 saturated heterocycles. The number of fused-ring (bicyclic) bond motifs is 1. The van der Waals surface area contributed by atoms with Gasteiger partial charge in [-0.2, -0.15) is 0 Å². The Balaban J connectivity index is 1.78. The number of nitrogens with one attached hydrogen (secondary N) is 2. The zero-order valence-electron chi connectivity index (χ0n) is 10.6. The first-order chi connectivity index (χ1) is 9.33. The number of carbonyl (C=O) groups is 1. The maximum absolute atomic E-state index is 12.1. The molecule has 1 aliphatic heterocycles.